The second kappa shape index (κ2) is 19.2. The van der Waals surface area contributed by atoms with Gasteiger partial charge in [-0.25, -0.2) is 0 Å². The Kier molecular flexibility index (Phi) is 15.8. The van der Waals surface area contributed by atoms with E-state index in [2.05, 4.69) is 164 Å². The first-order chi connectivity index (χ1) is 21.5. The molecule has 236 valence electrons. The van der Waals surface area contributed by atoms with Crippen molar-refractivity contribution in [3.8, 4) is 11.1 Å². The maximum absolute atomic E-state index is 6.26. The predicted molar refractivity (Wildman–Crippen MR) is 202 cm³/mol. The quantitative estimate of drug-likeness (QED) is 0.228. The van der Waals surface area contributed by atoms with Crippen molar-refractivity contribution in [2.45, 2.75) is 81.2 Å². The van der Waals surface area contributed by atoms with Gasteiger partial charge < -0.3 is 5.73 Å². The Balaban J connectivity index is 0.000000247. The van der Waals surface area contributed by atoms with E-state index in [0.29, 0.717) is 0 Å². The minimum atomic E-state index is -0.120. The van der Waals surface area contributed by atoms with Crippen LogP contribution in [-0.2, 0) is 0 Å². The van der Waals surface area contributed by atoms with Crippen molar-refractivity contribution < 1.29 is 0 Å². The summed E-state index contributed by atoms with van der Waals surface area (Å²) in [4.78, 5) is 0. The van der Waals surface area contributed by atoms with E-state index in [1.54, 1.807) is 0 Å². The number of aryl methyl sites for hydroxylation is 5. The molecule has 0 fully saturated rings. The lowest BCUT2D eigenvalue weighted by molar-refractivity contribution is 0.906. The number of hydrogen-bond donors (Lipinski definition) is 1. The first-order valence-electron chi connectivity index (χ1n) is 16.3. The van der Waals surface area contributed by atoms with E-state index in [1.807, 2.05) is 19.9 Å². The molecule has 2 N–H and O–H groups in total. The van der Waals surface area contributed by atoms with Crippen LogP contribution in [0.4, 0.5) is 0 Å². The molecule has 1 aliphatic carbocycles. The first kappa shape index (κ1) is 37.0. The van der Waals surface area contributed by atoms with Crippen LogP contribution in [0.3, 0.4) is 0 Å². The summed E-state index contributed by atoms with van der Waals surface area (Å²) < 4.78 is 0. The highest BCUT2D eigenvalue weighted by Crippen LogP contribution is 2.23. The number of hydrogen-bond acceptors (Lipinski definition) is 1. The summed E-state index contributed by atoms with van der Waals surface area (Å²) in [6.45, 7) is 22.8. The molecule has 1 heteroatoms. The van der Waals surface area contributed by atoms with E-state index < -0.39 is 0 Å². The molecular formula is C44H55N. The Morgan fingerprint density at radius 3 is 1.49 bits per heavy atom. The molecule has 0 radical (unpaired) electrons. The van der Waals surface area contributed by atoms with Gasteiger partial charge in [-0.2, -0.15) is 0 Å². The topological polar surface area (TPSA) is 26.0 Å². The maximum Gasteiger partial charge on any atom is 0.0490 e. The third-order valence-electron chi connectivity index (χ3n) is 7.88. The Morgan fingerprint density at radius 1 is 0.600 bits per heavy atom. The van der Waals surface area contributed by atoms with Crippen molar-refractivity contribution in [1.82, 2.24) is 0 Å². The maximum atomic E-state index is 6.26. The zero-order valence-electron chi connectivity index (χ0n) is 29.2. The molecule has 1 aliphatic rings. The fourth-order valence-corrected chi connectivity index (χ4v) is 4.62. The van der Waals surface area contributed by atoms with Crippen LogP contribution in [0.5, 0.6) is 0 Å². The molecular weight excluding hydrogens is 542 g/mol. The van der Waals surface area contributed by atoms with Gasteiger partial charge in [0.05, 0.1) is 0 Å². The molecule has 0 amide bonds. The minimum absolute atomic E-state index is 0.120. The van der Waals surface area contributed by atoms with Gasteiger partial charge in [0.2, 0.25) is 0 Å². The van der Waals surface area contributed by atoms with Gasteiger partial charge >= 0.3 is 0 Å². The standard InChI is InChI=1S/C19H21N.C15H16.C8H12.C2H6/c1-4-16(17-9-5-14(2)6-10-17)13-19(20)18-11-7-15(3)8-12-18;1-11-4-7-14(8-5-11)15-9-6-12(2)13(3)10-15;1-7-3-5-8(2)6-4-7;1-2/h4-13,19H,1,20H2,2-3H3;4-10H,1-3H3;3,5H,4,6H2,1-2H3;1-2H3/b16-13+;;;. The van der Waals surface area contributed by atoms with Crippen LogP contribution in [0.2, 0.25) is 0 Å². The van der Waals surface area contributed by atoms with Crippen molar-refractivity contribution in [3.63, 3.8) is 0 Å². The second-order valence-corrected chi connectivity index (χ2v) is 11.8. The van der Waals surface area contributed by atoms with E-state index in [1.165, 1.54) is 62.9 Å². The van der Waals surface area contributed by atoms with Crippen LogP contribution < -0.4 is 5.73 Å². The summed E-state index contributed by atoms with van der Waals surface area (Å²) in [6, 6.07) is 31.9. The molecule has 1 nitrogen and oxygen atoms in total. The third-order valence-corrected chi connectivity index (χ3v) is 7.88. The molecule has 4 aromatic rings. The number of allylic oxidation sites excluding steroid dienone is 6. The lowest BCUT2D eigenvalue weighted by Gasteiger charge is -2.11. The largest absolute Gasteiger partial charge is 0.321 e. The summed E-state index contributed by atoms with van der Waals surface area (Å²) in [5, 5.41) is 0. The second-order valence-electron chi connectivity index (χ2n) is 11.8. The number of rotatable bonds is 5. The summed E-state index contributed by atoms with van der Waals surface area (Å²) >= 11 is 0. The van der Waals surface area contributed by atoms with Crippen molar-refractivity contribution in [1.29, 1.82) is 0 Å². The Morgan fingerprint density at radius 2 is 1.04 bits per heavy atom. The lowest BCUT2D eigenvalue weighted by Crippen LogP contribution is -2.07. The van der Waals surface area contributed by atoms with Crippen molar-refractivity contribution in [2.24, 2.45) is 5.73 Å². The Hall–Kier alpha value is -4.20. The van der Waals surface area contributed by atoms with E-state index in [0.717, 1.165) is 16.7 Å². The van der Waals surface area contributed by atoms with Crippen LogP contribution >= 0.6 is 0 Å². The Bertz CT molecular complexity index is 1540. The molecule has 4 aromatic carbocycles. The van der Waals surface area contributed by atoms with E-state index in [9.17, 15) is 0 Å². The number of nitrogens with two attached hydrogens (primary N) is 1. The number of benzene rings is 4. The Labute approximate surface area is 274 Å². The average Bonchev–Trinajstić information content (AvgIpc) is 3.05. The minimum Gasteiger partial charge on any atom is -0.321 e. The van der Waals surface area contributed by atoms with Gasteiger partial charge in [0.25, 0.3) is 0 Å². The van der Waals surface area contributed by atoms with Crippen molar-refractivity contribution in [2.75, 3.05) is 0 Å². The highest BCUT2D eigenvalue weighted by molar-refractivity contribution is 5.74. The van der Waals surface area contributed by atoms with Crippen LogP contribution in [0, 0.1) is 34.6 Å². The molecule has 0 bridgehead atoms. The normalized spacial score (nSPS) is 12.9. The molecule has 45 heavy (non-hydrogen) atoms. The molecule has 0 saturated heterocycles. The van der Waals surface area contributed by atoms with E-state index >= 15 is 0 Å². The van der Waals surface area contributed by atoms with Gasteiger partial charge in [-0.15, -0.1) is 0 Å². The molecule has 1 unspecified atom stereocenters. The van der Waals surface area contributed by atoms with E-state index in [4.69, 9.17) is 5.73 Å². The fourth-order valence-electron chi connectivity index (χ4n) is 4.62. The molecule has 5 rings (SSSR count). The molecule has 0 spiro atoms. The zero-order chi connectivity index (χ0) is 33.4. The summed E-state index contributed by atoms with van der Waals surface area (Å²) in [6.07, 6.45) is 10.9. The fraction of sp³-hybridized carbons (Fsp3) is 0.273. The van der Waals surface area contributed by atoms with Crippen LogP contribution in [0.25, 0.3) is 16.7 Å². The molecule has 0 saturated carbocycles. The van der Waals surface area contributed by atoms with Crippen molar-refractivity contribution >= 4 is 5.57 Å². The third kappa shape index (κ3) is 12.7. The summed E-state index contributed by atoms with van der Waals surface area (Å²) in [5.41, 5.74) is 21.7. The first-order valence-corrected chi connectivity index (χ1v) is 16.3. The van der Waals surface area contributed by atoms with Gasteiger partial charge in [0.1, 0.15) is 0 Å². The highest BCUT2D eigenvalue weighted by Gasteiger charge is 2.05. The zero-order valence-corrected chi connectivity index (χ0v) is 29.2. The van der Waals surface area contributed by atoms with Gasteiger partial charge in [-0.05, 0) is 100 Å². The lowest BCUT2D eigenvalue weighted by atomic mass is 9.99. The SMILES string of the molecule is C=C/C(=C\C(N)c1ccc(C)cc1)c1ccc(C)cc1.CC.CC1=CC=C(C)CC1.Cc1ccc(-c2ccc(C)c(C)c2)cc1. The molecule has 0 aliphatic heterocycles. The van der Waals surface area contributed by atoms with Crippen LogP contribution in [0.1, 0.15) is 85.5 Å². The smallest absolute Gasteiger partial charge is 0.0490 e. The van der Waals surface area contributed by atoms with Gasteiger partial charge in [0, 0.05) is 6.04 Å². The molecule has 0 heterocycles. The van der Waals surface area contributed by atoms with Gasteiger partial charge in [-0.3, -0.25) is 0 Å². The van der Waals surface area contributed by atoms with E-state index in [-0.39, 0.29) is 6.04 Å². The van der Waals surface area contributed by atoms with Gasteiger partial charge in [-0.1, -0.05) is 164 Å². The molecule has 0 aromatic heterocycles. The van der Waals surface area contributed by atoms with Gasteiger partial charge in [0.15, 0.2) is 0 Å². The van der Waals surface area contributed by atoms with Crippen LogP contribution in [-0.4, -0.2) is 0 Å². The summed E-state index contributed by atoms with van der Waals surface area (Å²) in [7, 11) is 0. The monoisotopic (exact) mass is 597 g/mol. The van der Waals surface area contributed by atoms with Crippen LogP contribution in [0.15, 0.2) is 133 Å². The van der Waals surface area contributed by atoms with Crippen molar-refractivity contribution in [3.05, 3.63) is 172 Å². The molecule has 1 atom stereocenters. The average molecular weight is 598 g/mol. The highest BCUT2D eigenvalue weighted by atomic mass is 14.6. The predicted octanol–water partition coefficient (Wildman–Crippen LogP) is 12.6. The summed E-state index contributed by atoms with van der Waals surface area (Å²) in [5.74, 6) is 0.